The molecule has 0 aliphatic heterocycles. The van der Waals surface area contributed by atoms with Crippen LogP contribution >= 0.6 is 0 Å². The second-order valence-corrected chi connectivity index (χ2v) is 7.71. The Morgan fingerprint density at radius 1 is 0.933 bits per heavy atom. The number of rotatable bonds is 14. The molecule has 7 N–H and O–H groups in total. The zero-order valence-electron chi connectivity index (χ0n) is 17.9. The third-order valence-corrected chi connectivity index (χ3v) is 4.60. The normalized spacial score (nSPS) is 14.9. The SMILES string of the molecule is CCC(C)C(N)C(=O)NC(CCC(=O)O)C(=O)NCC(=O)NC(CC(C)C)C(=O)O. The van der Waals surface area contributed by atoms with E-state index in [1.165, 1.54) is 0 Å². The van der Waals surface area contributed by atoms with Gasteiger partial charge >= 0.3 is 11.9 Å². The molecule has 4 unspecified atom stereocenters. The van der Waals surface area contributed by atoms with E-state index in [0.717, 1.165) is 0 Å². The Hall–Kier alpha value is -2.69. The van der Waals surface area contributed by atoms with Crippen molar-refractivity contribution < 1.29 is 34.2 Å². The molecule has 0 aromatic heterocycles. The van der Waals surface area contributed by atoms with Crippen LogP contribution in [0.1, 0.15) is 53.4 Å². The van der Waals surface area contributed by atoms with E-state index in [4.69, 9.17) is 15.9 Å². The van der Waals surface area contributed by atoms with Crippen LogP contribution in [0, 0.1) is 11.8 Å². The standard InChI is InChI=1S/C19H34N4O7/c1-5-11(4)16(20)18(28)23-12(6-7-15(25)26)17(27)21-9-14(24)22-13(19(29)30)8-10(2)3/h10-13,16H,5-9,20H2,1-4H3,(H,21,27)(H,22,24)(H,23,28)(H,25,26)(H,29,30). The van der Waals surface area contributed by atoms with Gasteiger partial charge in [-0.1, -0.05) is 34.1 Å². The molecule has 0 saturated heterocycles. The predicted octanol–water partition coefficient (Wildman–Crippen LogP) is -0.559. The van der Waals surface area contributed by atoms with Crippen molar-refractivity contribution in [3.8, 4) is 0 Å². The van der Waals surface area contributed by atoms with Gasteiger partial charge < -0.3 is 31.9 Å². The molecule has 172 valence electrons. The Morgan fingerprint density at radius 2 is 1.53 bits per heavy atom. The van der Waals surface area contributed by atoms with Gasteiger partial charge in [-0.25, -0.2) is 4.79 Å². The Bertz CT molecular complexity index is 624. The van der Waals surface area contributed by atoms with Gasteiger partial charge in [0.05, 0.1) is 12.6 Å². The minimum absolute atomic E-state index is 0.0336. The van der Waals surface area contributed by atoms with Crippen LogP contribution in [0.3, 0.4) is 0 Å². The number of carboxylic acids is 2. The third-order valence-electron chi connectivity index (χ3n) is 4.60. The lowest BCUT2D eigenvalue weighted by molar-refractivity contribution is -0.142. The van der Waals surface area contributed by atoms with Crippen LogP contribution in [0.2, 0.25) is 0 Å². The summed E-state index contributed by atoms with van der Waals surface area (Å²) in [7, 11) is 0. The first-order valence-corrected chi connectivity index (χ1v) is 9.96. The van der Waals surface area contributed by atoms with Gasteiger partial charge in [-0.05, 0) is 24.7 Å². The van der Waals surface area contributed by atoms with Crippen LogP contribution in [-0.2, 0) is 24.0 Å². The van der Waals surface area contributed by atoms with Crippen molar-refractivity contribution in [2.45, 2.75) is 71.5 Å². The summed E-state index contributed by atoms with van der Waals surface area (Å²) in [6, 6.07) is -3.15. The Kier molecular flexibility index (Phi) is 12.3. The van der Waals surface area contributed by atoms with Gasteiger partial charge in [-0.2, -0.15) is 0 Å². The number of carbonyl (C=O) groups excluding carboxylic acids is 3. The second kappa shape index (κ2) is 13.5. The van der Waals surface area contributed by atoms with Crippen LogP contribution in [0.5, 0.6) is 0 Å². The molecule has 0 radical (unpaired) electrons. The van der Waals surface area contributed by atoms with Crippen LogP contribution < -0.4 is 21.7 Å². The molecule has 0 rings (SSSR count). The summed E-state index contributed by atoms with van der Waals surface area (Å²) in [5, 5.41) is 25.1. The van der Waals surface area contributed by atoms with Crippen molar-refractivity contribution in [1.82, 2.24) is 16.0 Å². The van der Waals surface area contributed by atoms with Gasteiger partial charge in [0, 0.05) is 6.42 Å². The van der Waals surface area contributed by atoms with E-state index in [9.17, 15) is 24.0 Å². The Labute approximate surface area is 176 Å². The van der Waals surface area contributed by atoms with E-state index in [-0.39, 0.29) is 31.1 Å². The third kappa shape index (κ3) is 10.7. The molecule has 0 aliphatic rings. The summed E-state index contributed by atoms with van der Waals surface area (Å²) >= 11 is 0. The molecule has 0 aromatic rings. The molecule has 0 saturated carbocycles. The van der Waals surface area contributed by atoms with Gasteiger partial charge in [0.2, 0.25) is 17.7 Å². The lowest BCUT2D eigenvalue weighted by Crippen LogP contribution is -2.54. The number of nitrogens with one attached hydrogen (secondary N) is 3. The maximum Gasteiger partial charge on any atom is 0.326 e. The maximum atomic E-state index is 12.4. The highest BCUT2D eigenvalue weighted by atomic mass is 16.4. The quantitative estimate of drug-likeness (QED) is 0.211. The molecule has 0 aliphatic carbocycles. The summed E-state index contributed by atoms with van der Waals surface area (Å²) in [6.45, 7) is 6.73. The van der Waals surface area contributed by atoms with Crippen LogP contribution in [0.25, 0.3) is 0 Å². The molecule has 4 atom stereocenters. The van der Waals surface area contributed by atoms with Crippen molar-refractivity contribution >= 4 is 29.7 Å². The van der Waals surface area contributed by atoms with Crippen LogP contribution in [-0.4, -0.2) is 64.5 Å². The van der Waals surface area contributed by atoms with E-state index in [1.54, 1.807) is 6.92 Å². The highest BCUT2D eigenvalue weighted by molar-refractivity contribution is 5.92. The molecular weight excluding hydrogens is 396 g/mol. The van der Waals surface area contributed by atoms with E-state index < -0.39 is 54.3 Å². The molecule has 0 bridgehead atoms. The van der Waals surface area contributed by atoms with E-state index in [1.807, 2.05) is 20.8 Å². The molecule has 0 spiro atoms. The van der Waals surface area contributed by atoms with Crippen molar-refractivity contribution in [3.63, 3.8) is 0 Å². The molecule has 3 amide bonds. The lowest BCUT2D eigenvalue weighted by atomic mass is 9.98. The maximum absolute atomic E-state index is 12.4. The first-order chi connectivity index (χ1) is 13.9. The molecule has 11 nitrogen and oxygen atoms in total. The Morgan fingerprint density at radius 3 is 2.00 bits per heavy atom. The van der Waals surface area contributed by atoms with Gasteiger partial charge in [-0.15, -0.1) is 0 Å². The van der Waals surface area contributed by atoms with Gasteiger partial charge in [0.1, 0.15) is 12.1 Å². The van der Waals surface area contributed by atoms with Gasteiger partial charge in [0.25, 0.3) is 0 Å². The van der Waals surface area contributed by atoms with E-state index in [0.29, 0.717) is 6.42 Å². The van der Waals surface area contributed by atoms with Crippen molar-refractivity contribution in [3.05, 3.63) is 0 Å². The number of aliphatic carboxylic acids is 2. The van der Waals surface area contributed by atoms with Gasteiger partial charge in [-0.3, -0.25) is 19.2 Å². The topological polar surface area (TPSA) is 188 Å². The average Bonchev–Trinajstić information content (AvgIpc) is 2.66. The lowest BCUT2D eigenvalue weighted by Gasteiger charge is -2.23. The molecule has 0 heterocycles. The fraction of sp³-hybridized carbons (Fsp3) is 0.737. The van der Waals surface area contributed by atoms with Crippen molar-refractivity contribution in [2.24, 2.45) is 17.6 Å². The number of carboxylic acid groups (broad SMARTS) is 2. The second-order valence-electron chi connectivity index (χ2n) is 7.71. The minimum Gasteiger partial charge on any atom is -0.481 e. The molecular formula is C19H34N4O7. The summed E-state index contributed by atoms with van der Waals surface area (Å²) in [5.41, 5.74) is 5.84. The number of hydrogen-bond donors (Lipinski definition) is 6. The fourth-order valence-electron chi connectivity index (χ4n) is 2.55. The van der Waals surface area contributed by atoms with Crippen LogP contribution in [0.15, 0.2) is 0 Å². The van der Waals surface area contributed by atoms with Crippen molar-refractivity contribution in [2.75, 3.05) is 6.54 Å². The van der Waals surface area contributed by atoms with E-state index in [2.05, 4.69) is 16.0 Å². The highest BCUT2D eigenvalue weighted by Crippen LogP contribution is 2.07. The monoisotopic (exact) mass is 430 g/mol. The predicted molar refractivity (Wildman–Crippen MR) is 108 cm³/mol. The van der Waals surface area contributed by atoms with Crippen LogP contribution in [0.4, 0.5) is 0 Å². The molecule has 30 heavy (non-hydrogen) atoms. The zero-order valence-corrected chi connectivity index (χ0v) is 17.9. The summed E-state index contributed by atoms with van der Waals surface area (Å²) in [4.78, 5) is 58.7. The number of hydrogen-bond acceptors (Lipinski definition) is 6. The largest absolute Gasteiger partial charge is 0.481 e. The van der Waals surface area contributed by atoms with Gasteiger partial charge in [0.15, 0.2) is 0 Å². The first-order valence-electron chi connectivity index (χ1n) is 9.96. The highest BCUT2D eigenvalue weighted by Gasteiger charge is 2.27. The number of nitrogens with two attached hydrogens (primary N) is 1. The minimum atomic E-state index is -1.19. The average molecular weight is 431 g/mol. The molecule has 0 aromatic carbocycles. The van der Waals surface area contributed by atoms with E-state index >= 15 is 0 Å². The summed E-state index contributed by atoms with van der Waals surface area (Å²) in [6.07, 6.45) is 0.299. The zero-order chi connectivity index (χ0) is 23.4. The summed E-state index contributed by atoms with van der Waals surface area (Å²) < 4.78 is 0. The smallest absolute Gasteiger partial charge is 0.326 e. The first kappa shape index (κ1) is 27.3. The number of carbonyl (C=O) groups is 5. The fourth-order valence-corrected chi connectivity index (χ4v) is 2.55. The Balaban J connectivity index is 4.94. The van der Waals surface area contributed by atoms with Crippen molar-refractivity contribution in [1.29, 1.82) is 0 Å². The number of amides is 3. The summed E-state index contributed by atoms with van der Waals surface area (Å²) in [5.74, 6) is -4.51. The molecule has 11 heteroatoms. The molecule has 0 fully saturated rings.